The summed E-state index contributed by atoms with van der Waals surface area (Å²) in [6.45, 7) is 2.48. The third kappa shape index (κ3) is 7.21. The minimum atomic E-state index is -0.879. The van der Waals surface area contributed by atoms with Crippen LogP contribution in [0.25, 0.3) is 0 Å². The maximum absolute atomic E-state index is 13.3. The molecule has 0 saturated carbocycles. The highest BCUT2D eigenvalue weighted by Gasteiger charge is 2.13. The fourth-order valence-corrected chi connectivity index (χ4v) is 2.13. The molecule has 1 rings (SSSR count). The second-order valence-electron chi connectivity index (χ2n) is 5.23. The standard InChI is InChI=1S/C17H24F2O2/c1-2-3-4-5-6-7-8-9-12-21-17(20)15-11-10-14(18)13-16(15)19/h10-11,13H,2-9,12H2,1H3. The molecule has 0 aromatic heterocycles. The number of carbonyl (C=O) groups excluding carboxylic acids is 1. The van der Waals surface area contributed by atoms with E-state index in [0.29, 0.717) is 6.07 Å². The summed E-state index contributed by atoms with van der Waals surface area (Å²) in [6, 6.07) is 2.85. The molecule has 0 bridgehead atoms. The zero-order valence-electron chi connectivity index (χ0n) is 12.7. The summed E-state index contributed by atoms with van der Waals surface area (Å²) < 4.78 is 31.1. The molecule has 118 valence electrons. The van der Waals surface area contributed by atoms with Crippen LogP contribution in [-0.2, 0) is 4.74 Å². The SMILES string of the molecule is CCCCCCCCCCOC(=O)c1ccc(F)cc1F. The third-order valence-corrected chi connectivity index (χ3v) is 3.38. The first-order chi connectivity index (χ1) is 10.1. The number of ether oxygens (including phenoxy) is 1. The molecular weight excluding hydrogens is 274 g/mol. The first-order valence-electron chi connectivity index (χ1n) is 7.77. The molecule has 0 amide bonds. The zero-order chi connectivity index (χ0) is 15.5. The van der Waals surface area contributed by atoms with Gasteiger partial charge >= 0.3 is 5.97 Å². The first kappa shape index (κ1) is 17.6. The Morgan fingerprint density at radius 2 is 1.62 bits per heavy atom. The van der Waals surface area contributed by atoms with Gasteiger partial charge in [0.1, 0.15) is 11.6 Å². The van der Waals surface area contributed by atoms with Crippen molar-refractivity contribution >= 4 is 5.97 Å². The van der Waals surface area contributed by atoms with Gasteiger partial charge in [0.15, 0.2) is 0 Å². The molecular formula is C17H24F2O2. The molecule has 1 aromatic rings. The zero-order valence-corrected chi connectivity index (χ0v) is 12.7. The molecule has 1 aromatic carbocycles. The van der Waals surface area contributed by atoms with Crippen molar-refractivity contribution in [3.8, 4) is 0 Å². The highest BCUT2D eigenvalue weighted by atomic mass is 19.1. The van der Waals surface area contributed by atoms with Gasteiger partial charge < -0.3 is 4.74 Å². The van der Waals surface area contributed by atoms with E-state index >= 15 is 0 Å². The van der Waals surface area contributed by atoms with Crippen molar-refractivity contribution in [2.24, 2.45) is 0 Å². The Morgan fingerprint density at radius 1 is 1.00 bits per heavy atom. The van der Waals surface area contributed by atoms with Crippen LogP contribution in [0.1, 0.15) is 68.6 Å². The fourth-order valence-electron chi connectivity index (χ4n) is 2.13. The van der Waals surface area contributed by atoms with Gasteiger partial charge in [-0.2, -0.15) is 0 Å². The quantitative estimate of drug-likeness (QED) is 0.435. The van der Waals surface area contributed by atoms with Gasteiger partial charge in [0.25, 0.3) is 0 Å². The highest BCUT2D eigenvalue weighted by Crippen LogP contribution is 2.12. The van der Waals surface area contributed by atoms with Gasteiger partial charge in [0.2, 0.25) is 0 Å². The molecule has 0 N–H and O–H groups in total. The highest BCUT2D eigenvalue weighted by molar-refractivity contribution is 5.89. The van der Waals surface area contributed by atoms with Gasteiger partial charge in [0, 0.05) is 6.07 Å². The molecule has 0 aliphatic rings. The lowest BCUT2D eigenvalue weighted by atomic mass is 10.1. The summed E-state index contributed by atoms with van der Waals surface area (Å²) in [5, 5.41) is 0. The van der Waals surface area contributed by atoms with Crippen molar-refractivity contribution in [3.05, 3.63) is 35.4 Å². The molecule has 21 heavy (non-hydrogen) atoms. The lowest BCUT2D eigenvalue weighted by Crippen LogP contribution is -2.08. The molecule has 0 aliphatic heterocycles. The summed E-state index contributed by atoms with van der Waals surface area (Å²) in [5.41, 5.74) is -0.212. The Kier molecular flexibility index (Phi) is 8.63. The number of hydrogen-bond donors (Lipinski definition) is 0. The molecule has 2 nitrogen and oxygen atoms in total. The summed E-state index contributed by atoms with van der Waals surface area (Å²) in [6.07, 6.45) is 9.21. The van der Waals surface area contributed by atoms with Crippen LogP contribution in [0, 0.1) is 11.6 Å². The number of unbranched alkanes of at least 4 members (excludes halogenated alkanes) is 7. The van der Waals surface area contributed by atoms with E-state index in [4.69, 9.17) is 4.74 Å². The predicted molar refractivity (Wildman–Crippen MR) is 79.3 cm³/mol. The van der Waals surface area contributed by atoms with Gasteiger partial charge in [0.05, 0.1) is 12.2 Å². The van der Waals surface area contributed by atoms with E-state index in [2.05, 4.69) is 6.92 Å². The molecule has 0 heterocycles. The number of esters is 1. The second-order valence-corrected chi connectivity index (χ2v) is 5.23. The number of carbonyl (C=O) groups is 1. The molecule has 0 spiro atoms. The van der Waals surface area contributed by atoms with Crippen molar-refractivity contribution in [1.82, 2.24) is 0 Å². The van der Waals surface area contributed by atoms with Crippen molar-refractivity contribution in [2.75, 3.05) is 6.61 Å². The Balaban J connectivity index is 2.11. The van der Waals surface area contributed by atoms with E-state index in [1.807, 2.05) is 0 Å². The van der Waals surface area contributed by atoms with Gasteiger partial charge in [-0.05, 0) is 18.6 Å². The van der Waals surface area contributed by atoms with E-state index in [9.17, 15) is 13.6 Å². The van der Waals surface area contributed by atoms with Gasteiger partial charge in [-0.15, -0.1) is 0 Å². The van der Waals surface area contributed by atoms with Gasteiger partial charge in [-0.3, -0.25) is 0 Å². The summed E-state index contributed by atoms with van der Waals surface area (Å²) in [4.78, 5) is 11.6. The van der Waals surface area contributed by atoms with Crippen LogP contribution in [0.3, 0.4) is 0 Å². The summed E-state index contributed by atoms with van der Waals surface area (Å²) in [5.74, 6) is -2.31. The Morgan fingerprint density at radius 3 is 2.24 bits per heavy atom. The average molecular weight is 298 g/mol. The maximum Gasteiger partial charge on any atom is 0.341 e. The van der Waals surface area contributed by atoms with Gasteiger partial charge in [-0.25, -0.2) is 13.6 Å². The van der Waals surface area contributed by atoms with Crippen LogP contribution >= 0.6 is 0 Å². The topological polar surface area (TPSA) is 26.3 Å². The predicted octanol–water partition coefficient (Wildman–Crippen LogP) is 5.26. The van der Waals surface area contributed by atoms with Gasteiger partial charge in [-0.1, -0.05) is 51.9 Å². The average Bonchev–Trinajstić information content (AvgIpc) is 2.45. The van der Waals surface area contributed by atoms with Crippen molar-refractivity contribution in [3.63, 3.8) is 0 Å². The summed E-state index contributed by atoms with van der Waals surface area (Å²) >= 11 is 0. The summed E-state index contributed by atoms with van der Waals surface area (Å²) in [7, 11) is 0. The largest absolute Gasteiger partial charge is 0.462 e. The molecule has 0 saturated heterocycles. The number of halogens is 2. The van der Waals surface area contributed by atoms with E-state index in [-0.39, 0.29) is 12.2 Å². The second kappa shape index (κ2) is 10.3. The monoisotopic (exact) mass is 298 g/mol. The lowest BCUT2D eigenvalue weighted by molar-refractivity contribution is 0.0492. The molecule has 0 aliphatic carbocycles. The van der Waals surface area contributed by atoms with Crippen LogP contribution in [0.4, 0.5) is 8.78 Å². The molecule has 0 fully saturated rings. The van der Waals surface area contributed by atoms with E-state index in [0.717, 1.165) is 31.4 Å². The van der Waals surface area contributed by atoms with Crippen molar-refractivity contribution in [2.45, 2.75) is 58.3 Å². The minimum absolute atomic E-state index is 0.212. The Labute approximate surface area is 125 Å². The molecule has 0 radical (unpaired) electrons. The van der Waals surface area contributed by atoms with Crippen molar-refractivity contribution < 1.29 is 18.3 Å². The van der Waals surface area contributed by atoms with E-state index in [1.54, 1.807) is 0 Å². The smallest absolute Gasteiger partial charge is 0.341 e. The van der Waals surface area contributed by atoms with E-state index in [1.165, 1.54) is 32.1 Å². The number of rotatable bonds is 10. The number of hydrogen-bond acceptors (Lipinski definition) is 2. The Bertz CT molecular complexity index is 433. The van der Waals surface area contributed by atoms with Crippen LogP contribution in [0.2, 0.25) is 0 Å². The Hall–Kier alpha value is -1.45. The van der Waals surface area contributed by atoms with Crippen LogP contribution in [0.15, 0.2) is 18.2 Å². The molecule has 0 unspecified atom stereocenters. The molecule has 4 heteroatoms. The normalized spacial score (nSPS) is 10.6. The fraction of sp³-hybridized carbons (Fsp3) is 0.588. The third-order valence-electron chi connectivity index (χ3n) is 3.38. The van der Waals surface area contributed by atoms with E-state index < -0.39 is 17.6 Å². The van der Waals surface area contributed by atoms with Crippen LogP contribution in [0.5, 0.6) is 0 Å². The van der Waals surface area contributed by atoms with Crippen LogP contribution < -0.4 is 0 Å². The van der Waals surface area contributed by atoms with Crippen LogP contribution in [-0.4, -0.2) is 12.6 Å². The maximum atomic E-state index is 13.3. The minimum Gasteiger partial charge on any atom is -0.462 e. The lowest BCUT2D eigenvalue weighted by Gasteiger charge is -2.06. The van der Waals surface area contributed by atoms with Crippen molar-refractivity contribution in [1.29, 1.82) is 0 Å². The first-order valence-corrected chi connectivity index (χ1v) is 7.77. The molecule has 0 atom stereocenters. The number of benzene rings is 1.